The highest BCUT2D eigenvalue weighted by Crippen LogP contribution is 2.22. The third kappa shape index (κ3) is 4.07. The van der Waals surface area contributed by atoms with Crippen LogP contribution in [0.25, 0.3) is 0 Å². The van der Waals surface area contributed by atoms with E-state index in [1.54, 1.807) is 0 Å². The van der Waals surface area contributed by atoms with Crippen LogP contribution in [0, 0.1) is 0 Å². The number of nitrogens with zero attached hydrogens (tertiary/aromatic N) is 2. The van der Waals surface area contributed by atoms with Gasteiger partial charge in [0.25, 0.3) is 0 Å². The monoisotopic (exact) mass is 248 g/mol. The van der Waals surface area contributed by atoms with Gasteiger partial charge in [0.1, 0.15) is 0 Å². The Labute approximate surface area is 110 Å². The Morgan fingerprint density at radius 3 is 2.72 bits per heavy atom. The van der Waals surface area contributed by atoms with Crippen molar-refractivity contribution in [2.45, 2.75) is 44.6 Å². The second kappa shape index (κ2) is 7.49. The first kappa shape index (κ1) is 13.5. The van der Waals surface area contributed by atoms with Gasteiger partial charge in [-0.25, -0.2) is 0 Å². The first-order valence-electron chi connectivity index (χ1n) is 7.14. The van der Waals surface area contributed by atoms with Crippen molar-refractivity contribution in [1.82, 2.24) is 9.88 Å². The van der Waals surface area contributed by atoms with Crippen molar-refractivity contribution < 1.29 is 5.11 Å². The summed E-state index contributed by atoms with van der Waals surface area (Å²) >= 11 is 0. The van der Waals surface area contributed by atoms with Crippen LogP contribution in [-0.4, -0.2) is 40.7 Å². The van der Waals surface area contributed by atoms with Crippen LogP contribution in [-0.2, 0) is 6.42 Å². The molecule has 3 nitrogen and oxygen atoms in total. The van der Waals surface area contributed by atoms with Crippen molar-refractivity contribution in [3.8, 4) is 0 Å². The Bertz CT molecular complexity index is 323. The van der Waals surface area contributed by atoms with Crippen molar-refractivity contribution in [3.63, 3.8) is 0 Å². The van der Waals surface area contributed by atoms with Crippen LogP contribution in [0.4, 0.5) is 0 Å². The zero-order chi connectivity index (χ0) is 12.6. The van der Waals surface area contributed by atoms with Gasteiger partial charge in [-0.15, -0.1) is 0 Å². The molecule has 1 aliphatic carbocycles. The smallest absolute Gasteiger partial charge is 0.0558 e. The molecule has 0 unspecified atom stereocenters. The molecule has 1 N–H and O–H groups in total. The van der Waals surface area contributed by atoms with Crippen LogP contribution < -0.4 is 0 Å². The maximum Gasteiger partial charge on any atom is 0.0558 e. The summed E-state index contributed by atoms with van der Waals surface area (Å²) in [4.78, 5) is 6.62. The molecule has 2 rings (SSSR count). The van der Waals surface area contributed by atoms with E-state index in [9.17, 15) is 5.11 Å². The molecule has 0 radical (unpaired) electrons. The van der Waals surface area contributed by atoms with Crippen molar-refractivity contribution >= 4 is 0 Å². The molecule has 0 aliphatic heterocycles. The minimum atomic E-state index is 0.267. The molecule has 100 valence electrons. The number of hydrogen-bond acceptors (Lipinski definition) is 3. The van der Waals surface area contributed by atoms with Gasteiger partial charge in [0.15, 0.2) is 0 Å². The summed E-state index contributed by atoms with van der Waals surface area (Å²) in [6.07, 6.45) is 11.5. The lowest BCUT2D eigenvalue weighted by molar-refractivity contribution is 0.125. The van der Waals surface area contributed by atoms with E-state index in [0.29, 0.717) is 6.04 Å². The molecule has 1 heterocycles. The highest BCUT2D eigenvalue weighted by atomic mass is 16.3. The van der Waals surface area contributed by atoms with Gasteiger partial charge < -0.3 is 5.11 Å². The van der Waals surface area contributed by atoms with Crippen molar-refractivity contribution in [2.24, 2.45) is 0 Å². The summed E-state index contributed by atoms with van der Waals surface area (Å²) < 4.78 is 0. The van der Waals surface area contributed by atoms with Crippen LogP contribution in [0.1, 0.15) is 37.7 Å². The number of pyridine rings is 1. The third-order valence-corrected chi connectivity index (χ3v) is 3.89. The Kier molecular flexibility index (Phi) is 5.62. The molecule has 3 heteroatoms. The summed E-state index contributed by atoms with van der Waals surface area (Å²) in [6.45, 7) is 2.12. The van der Waals surface area contributed by atoms with Gasteiger partial charge in [-0.05, 0) is 30.9 Å². The normalized spacial score (nSPS) is 17.2. The van der Waals surface area contributed by atoms with E-state index in [1.807, 2.05) is 18.5 Å². The second-order valence-electron chi connectivity index (χ2n) is 5.16. The molecule has 1 aromatic rings. The summed E-state index contributed by atoms with van der Waals surface area (Å²) in [7, 11) is 0. The molecule has 18 heavy (non-hydrogen) atoms. The Morgan fingerprint density at radius 1 is 1.22 bits per heavy atom. The van der Waals surface area contributed by atoms with Crippen LogP contribution in [0.5, 0.6) is 0 Å². The SMILES string of the molecule is OCCN(CCc1cccnc1)C1CCCCC1. The fourth-order valence-electron chi connectivity index (χ4n) is 2.87. The van der Waals surface area contributed by atoms with Crippen molar-refractivity contribution in [3.05, 3.63) is 30.1 Å². The topological polar surface area (TPSA) is 36.4 Å². The molecule has 1 aromatic heterocycles. The molecule has 0 bridgehead atoms. The Morgan fingerprint density at radius 2 is 2.06 bits per heavy atom. The highest BCUT2D eigenvalue weighted by molar-refractivity contribution is 5.08. The average Bonchev–Trinajstić information content (AvgIpc) is 2.45. The minimum Gasteiger partial charge on any atom is -0.395 e. The predicted octanol–water partition coefficient (Wildman–Crippen LogP) is 2.25. The molecule has 0 saturated heterocycles. The number of aliphatic hydroxyl groups excluding tert-OH is 1. The fraction of sp³-hybridized carbons (Fsp3) is 0.667. The Hall–Kier alpha value is -0.930. The summed E-state index contributed by atoms with van der Waals surface area (Å²) in [5.74, 6) is 0. The number of rotatable bonds is 6. The third-order valence-electron chi connectivity index (χ3n) is 3.89. The number of aromatic nitrogens is 1. The number of aliphatic hydroxyl groups is 1. The molecule has 0 atom stereocenters. The molecule has 0 aromatic carbocycles. The van der Waals surface area contributed by atoms with Gasteiger partial charge in [-0.3, -0.25) is 9.88 Å². The van der Waals surface area contributed by atoms with Crippen LogP contribution in [0.3, 0.4) is 0 Å². The summed E-state index contributed by atoms with van der Waals surface area (Å²) in [6, 6.07) is 4.81. The van der Waals surface area contributed by atoms with Gasteiger partial charge in [-0.1, -0.05) is 25.3 Å². The molecular weight excluding hydrogens is 224 g/mol. The van der Waals surface area contributed by atoms with Gasteiger partial charge in [0.2, 0.25) is 0 Å². The van der Waals surface area contributed by atoms with E-state index < -0.39 is 0 Å². The molecule has 0 spiro atoms. The molecule has 1 saturated carbocycles. The lowest BCUT2D eigenvalue weighted by Gasteiger charge is -2.34. The zero-order valence-electron chi connectivity index (χ0n) is 11.1. The van der Waals surface area contributed by atoms with Crippen molar-refractivity contribution in [1.29, 1.82) is 0 Å². The van der Waals surface area contributed by atoms with Gasteiger partial charge in [-0.2, -0.15) is 0 Å². The van der Waals surface area contributed by atoms with Gasteiger partial charge >= 0.3 is 0 Å². The maximum atomic E-state index is 9.21. The fourth-order valence-corrected chi connectivity index (χ4v) is 2.87. The molecular formula is C15H24N2O. The lowest BCUT2D eigenvalue weighted by atomic mass is 9.94. The van der Waals surface area contributed by atoms with E-state index in [0.717, 1.165) is 19.5 Å². The predicted molar refractivity (Wildman–Crippen MR) is 73.5 cm³/mol. The maximum absolute atomic E-state index is 9.21. The standard InChI is InChI=1S/C15H24N2O/c18-12-11-17(15-6-2-1-3-7-15)10-8-14-5-4-9-16-13-14/h4-5,9,13,15,18H,1-3,6-8,10-12H2. The van der Waals surface area contributed by atoms with E-state index in [2.05, 4.69) is 16.0 Å². The van der Waals surface area contributed by atoms with Crippen LogP contribution in [0.2, 0.25) is 0 Å². The molecule has 0 amide bonds. The summed E-state index contributed by atoms with van der Waals surface area (Å²) in [5.41, 5.74) is 1.29. The highest BCUT2D eigenvalue weighted by Gasteiger charge is 2.20. The first-order chi connectivity index (χ1) is 8.90. The van der Waals surface area contributed by atoms with Crippen LogP contribution in [0.15, 0.2) is 24.5 Å². The van der Waals surface area contributed by atoms with Gasteiger partial charge in [0.05, 0.1) is 6.61 Å². The molecule has 1 fully saturated rings. The van der Waals surface area contributed by atoms with E-state index in [1.165, 1.54) is 37.7 Å². The largest absolute Gasteiger partial charge is 0.395 e. The first-order valence-corrected chi connectivity index (χ1v) is 7.14. The molecule has 1 aliphatic rings. The summed E-state index contributed by atoms with van der Waals surface area (Å²) in [5, 5.41) is 9.21. The minimum absolute atomic E-state index is 0.267. The zero-order valence-corrected chi connectivity index (χ0v) is 11.1. The Balaban J connectivity index is 1.85. The van der Waals surface area contributed by atoms with E-state index >= 15 is 0 Å². The second-order valence-corrected chi connectivity index (χ2v) is 5.16. The quantitative estimate of drug-likeness (QED) is 0.839. The van der Waals surface area contributed by atoms with Crippen molar-refractivity contribution in [2.75, 3.05) is 19.7 Å². The van der Waals surface area contributed by atoms with E-state index in [-0.39, 0.29) is 6.61 Å². The van der Waals surface area contributed by atoms with Gasteiger partial charge in [0, 0.05) is 31.5 Å². The van der Waals surface area contributed by atoms with Crippen LogP contribution >= 0.6 is 0 Å². The number of hydrogen-bond donors (Lipinski definition) is 1. The lowest BCUT2D eigenvalue weighted by Crippen LogP contribution is -2.40. The average molecular weight is 248 g/mol. The van der Waals surface area contributed by atoms with E-state index in [4.69, 9.17) is 0 Å².